The van der Waals surface area contributed by atoms with Crippen molar-refractivity contribution in [3.05, 3.63) is 12.8 Å². The monoisotopic (exact) mass is 115 g/mol. The molecular formula is C6H13NO. The molecule has 2 heteroatoms. The molecular weight excluding hydrogens is 102 g/mol. The summed E-state index contributed by atoms with van der Waals surface area (Å²) in [6.45, 7) is 5.39. The van der Waals surface area contributed by atoms with Crippen LogP contribution in [0.15, 0.2) is 12.8 Å². The fourth-order valence-corrected chi connectivity index (χ4v) is 0.261. The maximum absolute atomic E-state index is 4.99. The maximum Gasteiger partial charge on any atom is 0.148 e. The molecule has 0 rings (SSSR count). The highest BCUT2D eigenvalue weighted by molar-refractivity contribution is 4.53. The molecule has 0 aromatic carbocycles. The van der Waals surface area contributed by atoms with Gasteiger partial charge in [0.1, 0.15) is 6.23 Å². The third-order valence-electron chi connectivity index (χ3n) is 1.02. The van der Waals surface area contributed by atoms with Crippen molar-refractivity contribution >= 4 is 0 Å². The number of ether oxygens (including phenoxy) is 1. The summed E-state index contributed by atoms with van der Waals surface area (Å²) >= 11 is 0. The van der Waals surface area contributed by atoms with Crippen LogP contribution < -0.4 is 0 Å². The number of rotatable bonds is 3. The molecule has 0 spiro atoms. The lowest BCUT2D eigenvalue weighted by atomic mass is 10.6. The Bertz CT molecular complexity index is 70.9. The average Bonchev–Trinajstić information content (AvgIpc) is 1.67. The molecule has 0 aliphatic rings. The summed E-state index contributed by atoms with van der Waals surface area (Å²) in [6.07, 6.45) is 1.58. The quantitative estimate of drug-likeness (QED) is 0.402. The van der Waals surface area contributed by atoms with Crippen molar-refractivity contribution in [1.29, 1.82) is 0 Å². The van der Waals surface area contributed by atoms with Crippen LogP contribution in [0.25, 0.3) is 0 Å². The van der Waals surface area contributed by atoms with Crippen LogP contribution in [0.3, 0.4) is 0 Å². The minimum absolute atomic E-state index is 0.132. The Morgan fingerprint density at radius 3 is 2.25 bits per heavy atom. The third-order valence-corrected chi connectivity index (χ3v) is 1.02. The van der Waals surface area contributed by atoms with Crippen molar-refractivity contribution in [1.82, 2.24) is 4.90 Å². The first-order valence-corrected chi connectivity index (χ1v) is 2.61. The van der Waals surface area contributed by atoms with E-state index in [9.17, 15) is 0 Å². The second-order valence-corrected chi connectivity index (χ2v) is 1.87. The fourth-order valence-electron chi connectivity index (χ4n) is 0.261. The van der Waals surface area contributed by atoms with Gasteiger partial charge >= 0.3 is 0 Å². The van der Waals surface area contributed by atoms with Gasteiger partial charge in [-0.1, -0.05) is 6.58 Å². The number of nitrogens with zero attached hydrogens (tertiary/aromatic N) is 1. The molecule has 0 aliphatic heterocycles. The van der Waals surface area contributed by atoms with E-state index in [0.717, 1.165) is 0 Å². The Labute approximate surface area is 50.7 Å². The molecule has 0 amide bonds. The van der Waals surface area contributed by atoms with E-state index in [2.05, 4.69) is 6.58 Å². The molecule has 1 unspecified atom stereocenters. The van der Waals surface area contributed by atoms with Crippen molar-refractivity contribution < 1.29 is 4.74 Å². The lowest BCUT2D eigenvalue weighted by Crippen LogP contribution is -2.25. The van der Waals surface area contributed by atoms with Crippen LogP contribution in [0, 0.1) is 0 Å². The molecule has 8 heavy (non-hydrogen) atoms. The van der Waals surface area contributed by atoms with Gasteiger partial charge in [0.2, 0.25) is 0 Å². The molecule has 0 bridgehead atoms. The van der Waals surface area contributed by atoms with Gasteiger partial charge in [0.15, 0.2) is 0 Å². The van der Waals surface area contributed by atoms with Crippen molar-refractivity contribution in [2.24, 2.45) is 0 Å². The lowest BCUT2D eigenvalue weighted by Gasteiger charge is -2.17. The van der Waals surface area contributed by atoms with E-state index in [1.165, 1.54) is 6.26 Å². The number of hydrogen-bond donors (Lipinski definition) is 0. The van der Waals surface area contributed by atoms with Gasteiger partial charge in [-0.05, 0) is 21.0 Å². The van der Waals surface area contributed by atoms with E-state index < -0.39 is 0 Å². The molecule has 0 aromatic rings. The Hall–Kier alpha value is -0.500. The van der Waals surface area contributed by atoms with Crippen LogP contribution in [-0.2, 0) is 4.74 Å². The van der Waals surface area contributed by atoms with Crippen LogP contribution in [0.1, 0.15) is 6.92 Å². The topological polar surface area (TPSA) is 12.5 Å². The Balaban J connectivity index is 3.30. The van der Waals surface area contributed by atoms with Gasteiger partial charge in [-0.25, -0.2) is 0 Å². The summed E-state index contributed by atoms with van der Waals surface area (Å²) in [5.41, 5.74) is 0. The first-order valence-electron chi connectivity index (χ1n) is 2.61. The van der Waals surface area contributed by atoms with Gasteiger partial charge in [-0.3, -0.25) is 4.90 Å². The smallest absolute Gasteiger partial charge is 0.148 e. The van der Waals surface area contributed by atoms with Crippen molar-refractivity contribution in [3.63, 3.8) is 0 Å². The second kappa shape index (κ2) is 3.50. The van der Waals surface area contributed by atoms with Crippen LogP contribution in [-0.4, -0.2) is 25.2 Å². The summed E-state index contributed by atoms with van der Waals surface area (Å²) < 4.78 is 4.99. The molecule has 0 N–H and O–H groups in total. The fraction of sp³-hybridized carbons (Fsp3) is 0.667. The van der Waals surface area contributed by atoms with Crippen LogP contribution in [0.2, 0.25) is 0 Å². The molecule has 0 aliphatic carbocycles. The molecule has 0 saturated heterocycles. The van der Waals surface area contributed by atoms with Crippen LogP contribution in [0.4, 0.5) is 0 Å². The summed E-state index contributed by atoms with van der Waals surface area (Å²) in [7, 11) is 3.91. The predicted molar refractivity (Wildman–Crippen MR) is 34.4 cm³/mol. The van der Waals surface area contributed by atoms with E-state index in [1.807, 2.05) is 25.9 Å². The van der Waals surface area contributed by atoms with Gasteiger partial charge < -0.3 is 4.74 Å². The molecule has 0 saturated carbocycles. The number of hydrogen-bond acceptors (Lipinski definition) is 2. The largest absolute Gasteiger partial charge is 0.484 e. The standard InChI is InChI=1S/C6H13NO/c1-5-8-6(2)7(3)4/h5-6H,1H2,2-4H3. The Kier molecular flexibility index (Phi) is 3.28. The van der Waals surface area contributed by atoms with E-state index in [-0.39, 0.29) is 6.23 Å². The van der Waals surface area contributed by atoms with Gasteiger partial charge in [-0.2, -0.15) is 0 Å². The highest BCUT2D eigenvalue weighted by Crippen LogP contribution is 1.91. The Morgan fingerprint density at radius 2 is 2.12 bits per heavy atom. The zero-order chi connectivity index (χ0) is 6.57. The summed E-state index contributed by atoms with van der Waals surface area (Å²) in [5.74, 6) is 0. The van der Waals surface area contributed by atoms with Crippen LogP contribution in [0.5, 0.6) is 0 Å². The minimum Gasteiger partial charge on any atom is -0.484 e. The zero-order valence-corrected chi connectivity index (χ0v) is 5.72. The Morgan fingerprint density at radius 1 is 1.62 bits per heavy atom. The summed E-state index contributed by atoms with van der Waals surface area (Å²) in [4.78, 5) is 1.96. The van der Waals surface area contributed by atoms with Gasteiger partial charge in [-0.15, -0.1) is 0 Å². The van der Waals surface area contributed by atoms with E-state index in [1.54, 1.807) is 0 Å². The van der Waals surface area contributed by atoms with Gasteiger partial charge in [0.05, 0.1) is 6.26 Å². The average molecular weight is 115 g/mol. The maximum atomic E-state index is 4.99. The molecule has 0 heterocycles. The van der Waals surface area contributed by atoms with Gasteiger partial charge in [0.25, 0.3) is 0 Å². The molecule has 0 radical (unpaired) electrons. The van der Waals surface area contributed by atoms with Gasteiger partial charge in [0, 0.05) is 0 Å². The normalized spacial score (nSPS) is 13.5. The highest BCUT2D eigenvalue weighted by Gasteiger charge is 1.99. The summed E-state index contributed by atoms with van der Waals surface area (Å²) in [6, 6.07) is 0. The van der Waals surface area contributed by atoms with E-state index in [0.29, 0.717) is 0 Å². The third kappa shape index (κ3) is 2.64. The van der Waals surface area contributed by atoms with Crippen molar-refractivity contribution in [2.45, 2.75) is 13.2 Å². The molecule has 0 aromatic heterocycles. The molecule has 1 atom stereocenters. The van der Waals surface area contributed by atoms with Crippen molar-refractivity contribution in [3.8, 4) is 0 Å². The first-order chi connectivity index (χ1) is 3.68. The summed E-state index contributed by atoms with van der Waals surface area (Å²) in [5, 5.41) is 0. The molecule has 2 nitrogen and oxygen atoms in total. The second-order valence-electron chi connectivity index (χ2n) is 1.87. The first kappa shape index (κ1) is 7.50. The zero-order valence-electron chi connectivity index (χ0n) is 5.72. The SMILES string of the molecule is C=COC(C)N(C)C. The lowest BCUT2D eigenvalue weighted by molar-refractivity contribution is 0.0410. The van der Waals surface area contributed by atoms with E-state index in [4.69, 9.17) is 4.74 Å². The minimum atomic E-state index is 0.132. The molecule has 48 valence electrons. The van der Waals surface area contributed by atoms with Crippen LogP contribution >= 0.6 is 0 Å². The van der Waals surface area contributed by atoms with E-state index >= 15 is 0 Å². The molecule has 0 fully saturated rings. The predicted octanol–water partition coefficient (Wildman–Crippen LogP) is 1.05. The van der Waals surface area contributed by atoms with Crippen molar-refractivity contribution in [2.75, 3.05) is 14.1 Å². The highest BCUT2D eigenvalue weighted by atomic mass is 16.5.